The predicted molar refractivity (Wildman–Crippen MR) is 111 cm³/mol. The van der Waals surface area contributed by atoms with Gasteiger partial charge in [-0.3, -0.25) is 0 Å². The van der Waals surface area contributed by atoms with Gasteiger partial charge < -0.3 is 21.8 Å². The molecule has 0 radical (unpaired) electrons. The van der Waals surface area contributed by atoms with Gasteiger partial charge in [-0.25, -0.2) is 8.78 Å². The van der Waals surface area contributed by atoms with Crippen molar-refractivity contribution in [3.05, 3.63) is 71.7 Å². The van der Waals surface area contributed by atoms with Gasteiger partial charge >= 0.3 is 0 Å². The van der Waals surface area contributed by atoms with Gasteiger partial charge in [-0.1, -0.05) is 31.8 Å². The number of halogens is 2. The molecule has 1 aromatic carbocycles. The molecule has 0 atom stereocenters. The van der Waals surface area contributed by atoms with E-state index in [0.717, 1.165) is 23.2 Å². The van der Waals surface area contributed by atoms with E-state index in [-0.39, 0.29) is 11.3 Å². The number of hydrogen-bond acceptors (Lipinski definition) is 4. The molecule has 2 rings (SSSR count). The van der Waals surface area contributed by atoms with E-state index >= 15 is 0 Å². The monoisotopic (exact) mass is 378 g/mol. The molecule has 5 N–H and O–H groups in total. The molecule has 140 valence electrons. The Morgan fingerprint density at radius 2 is 1.88 bits per heavy atom. The van der Waals surface area contributed by atoms with Crippen LogP contribution >= 0.6 is 12.2 Å². The Kier molecular flexibility index (Phi) is 10.4. The van der Waals surface area contributed by atoms with Crippen LogP contribution in [-0.2, 0) is 0 Å². The number of allylic oxidation sites excluding steroid dienone is 4. The predicted octanol–water partition coefficient (Wildman–Crippen LogP) is 4.76. The Balaban J connectivity index is 0.00000113. The number of nitrogens with one attached hydrogen (secondary N) is 1. The Bertz CT molecular complexity index is 739. The number of nitrogens with two attached hydrogens (primary N) is 2. The molecular weight excluding hydrogens is 354 g/mol. The standard InChI is InChI=1S/C17H18F2N2.CH3NS.CH3N/c1-4-11(3)15-9-6-12(10-21(15)5-2)16-13(18)7-8-14(20)17(16)19;2-1-3;1-2/h5-10H,2,4,20H2,1,3H3;1H,(H2,2,3);2H,1H2/b15-11+;;. The second-order valence-electron chi connectivity index (χ2n) is 4.99. The molecule has 0 aromatic heterocycles. The first-order chi connectivity index (χ1) is 12.4. The maximum absolute atomic E-state index is 14.1. The SMILES string of the molecule is C=CN1C=C(c2c(F)ccc(N)c2F)C=C/C1=C(/C)CC.C=N.NC=S. The highest BCUT2D eigenvalue weighted by Crippen LogP contribution is 2.31. The Morgan fingerprint density at radius 1 is 1.31 bits per heavy atom. The van der Waals surface area contributed by atoms with Gasteiger partial charge in [-0.2, -0.15) is 0 Å². The molecule has 1 aliphatic heterocycles. The smallest absolute Gasteiger partial charge is 0.156 e. The highest BCUT2D eigenvalue weighted by atomic mass is 32.1. The summed E-state index contributed by atoms with van der Waals surface area (Å²) in [6.07, 6.45) is 7.67. The molecule has 0 amide bonds. The molecule has 1 aliphatic rings. The quantitative estimate of drug-likeness (QED) is 0.403. The molecule has 0 saturated carbocycles. The fourth-order valence-corrected chi connectivity index (χ4v) is 2.19. The molecule has 0 fully saturated rings. The first kappa shape index (κ1) is 23.2. The van der Waals surface area contributed by atoms with Crippen molar-refractivity contribution in [1.29, 1.82) is 5.41 Å². The average Bonchev–Trinajstić information content (AvgIpc) is 2.66. The van der Waals surface area contributed by atoms with Crippen molar-refractivity contribution in [3.63, 3.8) is 0 Å². The van der Waals surface area contributed by atoms with Gasteiger partial charge in [0.2, 0.25) is 0 Å². The lowest BCUT2D eigenvalue weighted by atomic mass is 10.00. The van der Waals surface area contributed by atoms with E-state index in [9.17, 15) is 8.78 Å². The Labute approximate surface area is 158 Å². The summed E-state index contributed by atoms with van der Waals surface area (Å²) < 4.78 is 28.0. The zero-order valence-corrected chi connectivity index (χ0v) is 15.7. The van der Waals surface area contributed by atoms with Crippen LogP contribution in [0.1, 0.15) is 25.8 Å². The van der Waals surface area contributed by atoms with Crippen molar-refractivity contribution in [1.82, 2.24) is 4.90 Å². The Morgan fingerprint density at radius 3 is 2.38 bits per heavy atom. The molecule has 0 bridgehead atoms. The van der Waals surface area contributed by atoms with Crippen LogP contribution in [0.5, 0.6) is 0 Å². The van der Waals surface area contributed by atoms with Crippen LogP contribution in [-0.4, -0.2) is 17.1 Å². The fraction of sp³-hybridized carbons (Fsp3) is 0.158. The summed E-state index contributed by atoms with van der Waals surface area (Å²) in [4.78, 5) is 1.76. The molecule has 0 aliphatic carbocycles. The summed E-state index contributed by atoms with van der Waals surface area (Å²) in [5.74, 6) is -1.38. The van der Waals surface area contributed by atoms with Gasteiger partial charge in [0.1, 0.15) is 5.82 Å². The molecule has 0 saturated heterocycles. The van der Waals surface area contributed by atoms with E-state index in [1.165, 1.54) is 12.1 Å². The van der Waals surface area contributed by atoms with Crippen LogP contribution in [0.2, 0.25) is 0 Å². The summed E-state index contributed by atoms with van der Waals surface area (Å²) in [6.45, 7) is 10.3. The van der Waals surface area contributed by atoms with Crippen LogP contribution in [0.3, 0.4) is 0 Å². The van der Waals surface area contributed by atoms with Crippen LogP contribution in [0.25, 0.3) is 5.57 Å². The van der Waals surface area contributed by atoms with Gasteiger partial charge in [-0.15, -0.1) is 0 Å². The summed E-state index contributed by atoms with van der Waals surface area (Å²) in [5, 5.41) is 5.50. The lowest BCUT2D eigenvalue weighted by Crippen LogP contribution is -2.14. The summed E-state index contributed by atoms with van der Waals surface area (Å²) in [7, 11) is 0. The Hall–Kier alpha value is -2.80. The molecule has 4 nitrogen and oxygen atoms in total. The zero-order valence-electron chi connectivity index (χ0n) is 14.9. The normalized spacial score (nSPS) is 14.2. The van der Waals surface area contributed by atoms with Crippen molar-refractivity contribution < 1.29 is 8.78 Å². The number of anilines is 1. The van der Waals surface area contributed by atoms with Gasteiger partial charge in [0.05, 0.1) is 16.7 Å². The maximum Gasteiger partial charge on any atom is 0.156 e. The summed E-state index contributed by atoms with van der Waals surface area (Å²) >= 11 is 4.05. The van der Waals surface area contributed by atoms with Crippen LogP contribution < -0.4 is 11.5 Å². The van der Waals surface area contributed by atoms with E-state index in [1.54, 1.807) is 23.4 Å². The summed E-state index contributed by atoms with van der Waals surface area (Å²) in [5.41, 5.74) is 13.5. The second-order valence-corrected chi connectivity index (χ2v) is 5.26. The van der Waals surface area contributed by atoms with Crippen molar-refractivity contribution >= 4 is 35.7 Å². The first-order valence-corrected chi connectivity index (χ1v) is 8.13. The van der Waals surface area contributed by atoms with Crippen LogP contribution in [0.15, 0.2) is 54.5 Å². The van der Waals surface area contributed by atoms with E-state index in [2.05, 4.69) is 31.2 Å². The second kappa shape index (κ2) is 11.7. The molecular formula is C19H24F2N4S. The first-order valence-electron chi connectivity index (χ1n) is 7.66. The average molecular weight is 378 g/mol. The minimum absolute atomic E-state index is 0.0723. The highest BCUT2D eigenvalue weighted by Gasteiger charge is 2.19. The largest absolute Gasteiger partial charge is 0.396 e. The van der Waals surface area contributed by atoms with Gasteiger partial charge in [0, 0.05) is 23.7 Å². The summed E-state index contributed by atoms with van der Waals surface area (Å²) in [6, 6.07) is 2.39. The topological polar surface area (TPSA) is 79.1 Å². The molecule has 0 spiro atoms. The van der Waals surface area contributed by atoms with E-state index in [0.29, 0.717) is 5.57 Å². The maximum atomic E-state index is 14.1. The lowest BCUT2D eigenvalue weighted by molar-refractivity contribution is 0.577. The molecule has 0 unspecified atom stereocenters. The third-order valence-corrected chi connectivity index (χ3v) is 3.55. The molecule has 7 heteroatoms. The minimum Gasteiger partial charge on any atom is -0.396 e. The fourth-order valence-electron chi connectivity index (χ4n) is 2.19. The van der Waals surface area contributed by atoms with E-state index in [1.807, 2.05) is 19.9 Å². The van der Waals surface area contributed by atoms with Crippen molar-refractivity contribution in [2.45, 2.75) is 20.3 Å². The lowest BCUT2D eigenvalue weighted by Gasteiger charge is -2.24. The van der Waals surface area contributed by atoms with Gasteiger partial charge in [-0.05, 0) is 43.8 Å². The van der Waals surface area contributed by atoms with Gasteiger partial charge in [0.15, 0.2) is 5.82 Å². The van der Waals surface area contributed by atoms with Crippen molar-refractivity contribution in [3.8, 4) is 0 Å². The number of nitrogen functional groups attached to an aromatic ring is 1. The van der Waals surface area contributed by atoms with Crippen LogP contribution in [0, 0.1) is 17.0 Å². The third-order valence-electron chi connectivity index (χ3n) is 3.55. The van der Waals surface area contributed by atoms with E-state index in [4.69, 9.17) is 11.1 Å². The number of benzene rings is 1. The highest BCUT2D eigenvalue weighted by molar-refractivity contribution is 7.78. The number of rotatable bonds is 3. The minimum atomic E-state index is -0.741. The van der Waals surface area contributed by atoms with Crippen molar-refractivity contribution in [2.75, 3.05) is 5.73 Å². The van der Waals surface area contributed by atoms with Gasteiger partial charge in [0.25, 0.3) is 0 Å². The van der Waals surface area contributed by atoms with Crippen molar-refractivity contribution in [2.24, 2.45) is 5.73 Å². The van der Waals surface area contributed by atoms with E-state index < -0.39 is 11.6 Å². The number of hydrogen-bond donors (Lipinski definition) is 3. The molecule has 1 heterocycles. The third kappa shape index (κ3) is 5.63. The molecule has 1 aromatic rings. The zero-order chi connectivity index (χ0) is 20.3. The number of nitrogens with zero attached hydrogens (tertiary/aromatic N) is 1. The van der Waals surface area contributed by atoms with Crippen LogP contribution in [0.4, 0.5) is 14.5 Å². The molecule has 26 heavy (non-hydrogen) atoms. The number of thiocarbonyl (C=S) groups is 1.